The Labute approximate surface area is 156 Å². The average molecular weight is 362 g/mol. The van der Waals surface area contributed by atoms with E-state index in [0.29, 0.717) is 12.6 Å². The van der Waals surface area contributed by atoms with Gasteiger partial charge in [-0.25, -0.2) is 4.39 Å². The monoisotopic (exact) mass is 362 g/mol. The Bertz CT molecular complexity index is 612. The van der Waals surface area contributed by atoms with Crippen LogP contribution in [0.3, 0.4) is 0 Å². The van der Waals surface area contributed by atoms with Gasteiger partial charge in [-0.3, -0.25) is 9.89 Å². The van der Waals surface area contributed by atoms with E-state index in [0.717, 1.165) is 63.8 Å². The standard InChI is InChI=1S/C20H31FN4O/c1-3-22-19(23-14-16(2)25-10-12-26-13-11-25)24-15-20(8-9-20)17-6-4-5-7-18(17)21/h4-7,16H,3,8-15H2,1-2H3,(H2,22,23,24). The SMILES string of the molecule is CCNC(=NCC1(c2ccccc2F)CC1)NCC(C)N1CCOCC1. The van der Waals surface area contributed by atoms with E-state index >= 15 is 0 Å². The van der Waals surface area contributed by atoms with Gasteiger partial charge in [-0.15, -0.1) is 0 Å². The topological polar surface area (TPSA) is 48.9 Å². The van der Waals surface area contributed by atoms with Crippen LogP contribution in [0.5, 0.6) is 0 Å². The zero-order valence-corrected chi connectivity index (χ0v) is 15.9. The summed E-state index contributed by atoms with van der Waals surface area (Å²) in [6.07, 6.45) is 2.00. The molecule has 0 bridgehead atoms. The zero-order valence-electron chi connectivity index (χ0n) is 15.9. The number of hydrogen-bond donors (Lipinski definition) is 2. The molecule has 1 saturated carbocycles. The second-order valence-electron chi connectivity index (χ2n) is 7.33. The first-order valence-electron chi connectivity index (χ1n) is 9.73. The highest BCUT2D eigenvalue weighted by Crippen LogP contribution is 2.49. The van der Waals surface area contributed by atoms with E-state index in [9.17, 15) is 4.39 Å². The fraction of sp³-hybridized carbons (Fsp3) is 0.650. The molecule has 1 aliphatic heterocycles. The summed E-state index contributed by atoms with van der Waals surface area (Å²) in [5.74, 6) is 0.703. The number of halogens is 1. The lowest BCUT2D eigenvalue weighted by molar-refractivity contribution is 0.0211. The van der Waals surface area contributed by atoms with Crippen molar-refractivity contribution in [2.45, 2.75) is 38.1 Å². The minimum atomic E-state index is -0.122. The van der Waals surface area contributed by atoms with Crippen molar-refractivity contribution in [3.8, 4) is 0 Å². The summed E-state index contributed by atoms with van der Waals surface area (Å²) in [6.45, 7) is 10.1. The van der Waals surface area contributed by atoms with Crippen LogP contribution in [0.25, 0.3) is 0 Å². The van der Waals surface area contributed by atoms with Crippen LogP contribution in [0.2, 0.25) is 0 Å². The van der Waals surface area contributed by atoms with Gasteiger partial charge in [0.05, 0.1) is 19.8 Å². The summed E-state index contributed by atoms with van der Waals surface area (Å²) in [4.78, 5) is 7.20. The number of ether oxygens (including phenoxy) is 1. The Morgan fingerprint density at radius 1 is 1.27 bits per heavy atom. The third kappa shape index (κ3) is 4.74. The van der Waals surface area contributed by atoms with Gasteiger partial charge in [0.15, 0.2) is 5.96 Å². The second-order valence-corrected chi connectivity index (χ2v) is 7.33. The summed E-state index contributed by atoms with van der Waals surface area (Å²) < 4.78 is 19.6. The van der Waals surface area contributed by atoms with Crippen LogP contribution in [0.1, 0.15) is 32.3 Å². The third-order valence-electron chi connectivity index (χ3n) is 5.42. The summed E-state index contributed by atoms with van der Waals surface area (Å²) in [7, 11) is 0. The van der Waals surface area contributed by atoms with E-state index in [1.165, 1.54) is 0 Å². The van der Waals surface area contributed by atoms with Gasteiger partial charge in [0.1, 0.15) is 5.82 Å². The van der Waals surface area contributed by atoms with Gasteiger partial charge in [-0.2, -0.15) is 0 Å². The molecule has 5 nitrogen and oxygen atoms in total. The highest BCUT2D eigenvalue weighted by atomic mass is 19.1. The highest BCUT2D eigenvalue weighted by molar-refractivity contribution is 5.79. The van der Waals surface area contributed by atoms with Crippen LogP contribution < -0.4 is 10.6 Å². The molecule has 1 unspecified atom stereocenters. The first-order chi connectivity index (χ1) is 12.6. The van der Waals surface area contributed by atoms with Gasteiger partial charge in [-0.1, -0.05) is 18.2 Å². The van der Waals surface area contributed by atoms with Crippen LogP contribution in [-0.2, 0) is 10.2 Å². The van der Waals surface area contributed by atoms with Crippen molar-refractivity contribution in [1.82, 2.24) is 15.5 Å². The van der Waals surface area contributed by atoms with Crippen LogP contribution in [-0.4, -0.2) is 62.8 Å². The lowest BCUT2D eigenvalue weighted by Gasteiger charge is -2.32. The smallest absolute Gasteiger partial charge is 0.191 e. The number of morpholine rings is 1. The minimum Gasteiger partial charge on any atom is -0.379 e. The average Bonchev–Trinajstić information content (AvgIpc) is 3.46. The maximum Gasteiger partial charge on any atom is 0.191 e. The van der Waals surface area contributed by atoms with Gasteiger partial charge in [-0.05, 0) is 38.3 Å². The number of aliphatic imine (C=N–C) groups is 1. The summed E-state index contributed by atoms with van der Waals surface area (Å²) in [5, 5.41) is 6.76. The molecule has 2 fully saturated rings. The van der Waals surface area contributed by atoms with E-state index in [-0.39, 0.29) is 11.2 Å². The maximum absolute atomic E-state index is 14.2. The molecule has 1 saturated heterocycles. The first-order valence-corrected chi connectivity index (χ1v) is 9.73. The molecule has 3 rings (SSSR count). The van der Waals surface area contributed by atoms with E-state index in [4.69, 9.17) is 9.73 Å². The van der Waals surface area contributed by atoms with Gasteiger partial charge in [0, 0.05) is 37.6 Å². The normalized spacial score (nSPS) is 21.3. The molecule has 1 atom stereocenters. The largest absolute Gasteiger partial charge is 0.379 e. The van der Waals surface area contributed by atoms with Crippen LogP contribution in [0, 0.1) is 5.82 Å². The van der Waals surface area contributed by atoms with E-state index < -0.39 is 0 Å². The number of rotatable bonds is 7. The molecule has 144 valence electrons. The molecular weight excluding hydrogens is 331 g/mol. The van der Waals surface area contributed by atoms with Crippen molar-refractivity contribution in [3.05, 3.63) is 35.6 Å². The van der Waals surface area contributed by atoms with Gasteiger partial charge in [0.2, 0.25) is 0 Å². The van der Waals surface area contributed by atoms with Crippen LogP contribution >= 0.6 is 0 Å². The lowest BCUT2D eigenvalue weighted by Crippen LogP contribution is -2.49. The van der Waals surface area contributed by atoms with Gasteiger partial charge in [0.25, 0.3) is 0 Å². The molecule has 1 aromatic rings. The molecule has 6 heteroatoms. The Morgan fingerprint density at radius 3 is 2.65 bits per heavy atom. The van der Waals surface area contributed by atoms with Crippen molar-refractivity contribution < 1.29 is 9.13 Å². The van der Waals surface area contributed by atoms with Crippen molar-refractivity contribution in [3.63, 3.8) is 0 Å². The van der Waals surface area contributed by atoms with Gasteiger partial charge < -0.3 is 15.4 Å². The maximum atomic E-state index is 14.2. The predicted molar refractivity (Wildman–Crippen MR) is 103 cm³/mol. The van der Waals surface area contributed by atoms with E-state index in [1.54, 1.807) is 12.1 Å². The summed E-state index contributed by atoms with van der Waals surface area (Å²) in [5.41, 5.74) is 0.685. The Hall–Kier alpha value is -1.66. The number of guanidine groups is 1. The van der Waals surface area contributed by atoms with Crippen molar-refractivity contribution in [2.24, 2.45) is 4.99 Å². The molecule has 26 heavy (non-hydrogen) atoms. The summed E-state index contributed by atoms with van der Waals surface area (Å²) >= 11 is 0. The lowest BCUT2D eigenvalue weighted by atomic mass is 9.95. The second kappa shape index (κ2) is 8.82. The summed E-state index contributed by atoms with van der Waals surface area (Å²) in [6, 6.07) is 7.53. The van der Waals surface area contributed by atoms with Crippen molar-refractivity contribution in [2.75, 3.05) is 45.9 Å². The molecule has 1 heterocycles. The Morgan fingerprint density at radius 2 is 2.00 bits per heavy atom. The van der Waals surface area contributed by atoms with Crippen LogP contribution in [0.4, 0.5) is 4.39 Å². The molecule has 1 aromatic carbocycles. The first kappa shape index (κ1) is 19.1. The van der Waals surface area contributed by atoms with E-state index in [2.05, 4.69) is 29.4 Å². The minimum absolute atomic E-state index is 0.112. The Kier molecular flexibility index (Phi) is 6.48. The quantitative estimate of drug-likeness (QED) is 0.576. The molecule has 0 radical (unpaired) electrons. The van der Waals surface area contributed by atoms with Gasteiger partial charge >= 0.3 is 0 Å². The molecule has 2 N–H and O–H groups in total. The molecule has 1 aliphatic carbocycles. The number of nitrogens with one attached hydrogen (secondary N) is 2. The molecule has 2 aliphatic rings. The highest BCUT2D eigenvalue weighted by Gasteiger charge is 2.45. The molecule has 0 aromatic heterocycles. The van der Waals surface area contributed by atoms with Crippen LogP contribution in [0.15, 0.2) is 29.3 Å². The number of nitrogens with zero attached hydrogens (tertiary/aromatic N) is 2. The molecule has 0 amide bonds. The number of benzene rings is 1. The fourth-order valence-electron chi connectivity index (χ4n) is 3.52. The van der Waals surface area contributed by atoms with E-state index in [1.807, 2.05) is 12.1 Å². The van der Waals surface area contributed by atoms with Crippen molar-refractivity contribution >= 4 is 5.96 Å². The fourth-order valence-corrected chi connectivity index (χ4v) is 3.52. The molecule has 0 spiro atoms. The van der Waals surface area contributed by atoms with Crippen molar-refractivity contribution in [1.29, 1.82) is 0 Å². The third-order valence-corrected chi connectivity index (χ3v) is 5.42. The zero-order chi connectivity index (χ0) is 18.4. The molecular formula is C20H31FN4O. The Balaban J connectivity index is 1.58. The number of hydrogen-bond acceptors (Lipinski definition) is 3. The predicted octanol–water partition coefficient (Wildman–Crippen LogP) is 2.13.